The Hall–Kier alpha value is -13.2. The van der Waals surface area contributed by atoms with Crippen molar-refractivity contribution in [3.63, 3.8) is 0 Å². The molecule has 0 bridgehead atoms. The van der Waals surface area contributed by atoms with E-state index in [0.29, 0.717) is 0 Å². The number of nitrogens with zero attached hydrogens (tertiary/aromatic N) is 5. The van der Waals surface area contributed by atoms with Gasteiger partial charge in [-0.05, 0) is 291 Å². The fourth-order valence-electron chi connectivity index (χ4n) is 17.7. The quantitative estimate of drug-likeness (QED) is 0.121. The smallest absolute Gasteiger partial charge is 0.0541 e. The first-order valence-electron chi connectivity index (χ1n) is 41.4. The highest BCUT2D eigenvalue weighted by molar-refractivity contribution is 6.24. The number of hydrogen-bond donors (Lipinski definition) is 0. The first kappa shape index (κ1) is 80.0. The number of rotatable bonds is 1. The minimum Gasteiger partial charge on any atom is -0.344 e. The van der Waals surface area contributed by atoms with Gasteiger partial charge in [-0.3, -0.25) is 9.97 Å². The second kappa shape index (κ2) is 33.9. The van der Waals surface area contributed by atoms with Gasteiger partial charge in [-0.2, -0.15) is 0 Å². The van der Waals surface area contributed by atoms with Crippen molar-refractivity contribution >= 4 is 119 Å². The van der Waals surface area contributed by atoms with Crippen LogP contribution in [0.15, 0.2) is 322 Å². The second-order valence-electron chi connectivity index (χ2n) is 33.1. The van der Waals surface area contributed by atoms with Crippen molar-refractivity contribution in [2.24, 2.45) is 14.1 Å². The summed E-state index contributed by atoms with van der Waals surface area (Å²) in [6.45, 7) is 34.5. The Morgan fingerprint density at radius 2 is 0.585 bits per heavy atom. The van der Waals surface area contributed by atoms with Crippen molar-refractivity contribution in [3.05, 3.63) is 411 Å². The van der Waals surface area contributed by atoms with Gasteiger partial charge in [-0.15, -0.1) is 0 Å². The maximum Gasteiger partial charge on any atom is 0.0541 e. The largest absolute Gasteiger partial charge is 0.344 e. The summed E-state index contributed by atoms with van der Waals surface area (Å²) >= 11 is 0. The molecule has 0 saturated carbocycles. The zero-order valence-corrected chi connectivity index (χ0v) is 71.8. The Labute approximate surface area is 696 Å². The predicted octanol–water partition coefficient (Wildman–Crippen LogP) is 30.5. The first-order chi connectivity index (χ1) is 56.9. The maximum absolute atomic E-state index is 4.17. The zero-order chi connectivity index (χ0) is 82.8. The number of aryl methyl sites for hydroxylation is 16. The van der Waals surface area contributed by atoms with E-state index in [1.54, 1.807) is 0 Å². The van der Waals surface area contributed by atoms with Crippen LogP contribution in [-0.2, 0) is 19.5 Å². The molecule has 1 aliphatic carbocycles. The normalized spacial score (nSPS) is 11.7. The molecule has 0 unspecified atom stereocenters. The van der Waals surface area contributed by atoms with Crippen molar-refractivity contribution in [2.75, 3.05) is 0 Å². The molecule has 22 rings (SSSR count). The molecule has 0 fully saturated rings. The van der Waals surface area contributed by atoms with Crippen LogP contribution in [0.1, 0.15) is 103 Å². The van der Waals surface area contributed by atoms with Crippen molar-refractivity contribution in [1.29, 1.82) is 0 Å². The molecule has 118 heavy (non-hydrogen) atoms. The van der Waals surface area contributed by atoms with Crippen LogP contribution >= 0.6 is 0 Å². The third kappa shape index (κ3) is 16.1. The van der Waals surface area contributed by atoms with E-state index in [0.717, 1.165) is 11.4 Å². The molecule has 5 nitrogen and oxygen atoms in total. The Morgan fingerprint density at radius 1 is 0.246 bits per heavy atom. The summed E-state index contributed by atoms with van der Waals surface area (Å²) in [5, 5.41) is 21.9. The molecular formula is C113H107N5. The molecule has 0 saturated heterocycles. The van der Waals surface area contributed by atoms with Gasteiger partial charge >= 0.3 is 0 Å². The average Bonchev–Trinajstić information content (AvgIpc) is 1.73. The minimum absolute atomic E-state index is 0.142. The summed E-state index contributed by atoms with van der Waals surface area (Å²) in [5.74, 6) is 0. The summed E-state index contributed by atoms with van der Waals surface area (Å²) in [6.07, 6.45) is 3.71. The van der Waals surface area contributed by atoms with Crippen molar-refractivity contribution in [1.82, 2.24) is 23.7 Å². The van der Waals surface area contributed by atoms with Gasteiger partial charge in [0.25, 0.3) is 0 Å². The van der Waals surface area contributed by atoms with Gasteiger partial charge in [0.2, 0.25) is 0 Å². The molecule has 5 heterocycles. The zero-order valence-electron chi connectivity index (χ0n) is 71.8. The van der Waals surface area contributed by atoms with E-state index >= 15 is 0 Å². The van der Waals surface area contributed by atoms with Gasteiger partial charge in [0, 0.05) is 103 Å². The fraction of sp³-hybridized carbons (Fsp3) is 0.168. The molecular weight excluding hydrogens is 1430 g/mol. The lowest BCUT2D eigenvalue weighted by atomic mass is 9.81. The molecule has 0 aliphatic heterocycles. The van der Waals surface area contributed by atoms with Gasteiger partial charge in [0.1, 0.15) is 0 Å². The summed E-state index contributed by atoms with van der Waals surface area (Å²) in [4.78, 5) is 8.16. The van der Waals surface area contributed by atoms with Crippen molar-refractivity contribution in [2.45, 2.75) is 116 Å². The number of pyridine rings is 2. The van der Waals surface area contributed by atoms with Crippen LogP contribution in [0.2, 0.25) is 0 Å². The number of hydrogen-bond acceptors (Lipinski definition) is 2. The molecule has 21 aromatic rings. The van der Waals surface area contributed by atoms with E-state index in [4.69, 9.17) is 0 Å². The summed E-state index contributed by atoms with van der Waals surface area (Å²) in [5.41, 5.74) is 32.9. The van der Waals surface area contributed by atoms with Crippen LogP contribution in [0.3, 0.4) is 0 Å². The number of benzene rings is 16. The summed E-state index contributed by atoms with van der Waals surface area (Å²) in [7, 11) is 4.25. The topological polar surface area (TPSA) is 40.6 Å². The van der Waals surface area contributed by atoms with E-state index in [1.165, 1.54) is 214 Å². The molecule has 0 spiro atoms. The Morgan fingerprint density at radius 3 is 1.02 bits per heavy atom. The van der Waals surface area contributed by atoms with Crippen LogP contribution in [0.4, 0.5) is 0 Å². The van der Waals surface area contributed by atoms with Gasteiger partial charge in [0.05, 0.1) is 11.0 Å². The summed E-state index contributed by atoms with van der Waals surface area (Å²) < 4.78 is 6.87. The van der Waals surface area contributed by atoms with Gasteiger partial charge in [-0.1, -0.05) is 272 Å². The van der Waals surface area contributed by atoms with Crippen LogP contribution in [0.25, 0.3) is 136 Å². The first-order valence-corrected chi connectivity index (χ1v) is 41.4. The van der Waals surface area contributed by atoms with Crippen LogP contribution < -0.4 is 0 Å². The lowest BCUT2D eigenvalue weighted by molar-refractivity contribution is 0.659. The van der Waals surface area contributed by atoms with Gasteiger partial charge < -0.3 is 13.7 Å². The fourth-order valence-corrected chi connectivity index (χ4v) is 17.7. The minimum atomic E-state index is 0.142. The van der Waals surface area contributed by atoms with E-state index in [-0.39, 0.29) is 5.41 Å². The van der Waals surface area contributed by atoms with Gasteiger partial charge in [0.15, 0.2) is 0 Å². The maximum atomic E-state index is 4.17. The SMILES string of the molecule is Cc1c2ccccc2c(C)c2ccccc12.Cc1ccc2c(c1)C(C)(C)c1cc(C)ccc1-2.Cc1ccc2c(c1)c1cc(C)ccc1n2-c1ccccc1.Cc1ccc2c(c1)c1ccccc1n2C.Cc1ccc2c3ccccc3n(C)c2c1.Cc1ccc2ccc3c(C)ccc4ccc1c2c43.Cc1cccc(C)n1.Cc1cncc(C)c1. The highest BCUT2D eigenvalue weighted by Gasteiger charge is 2.35. The van der Waals surface area contributed by atoms with Gasteiger partial charge in [-0.25, -0.2) is 0 Å². The number of para-hydroxylation sites is 3. The Balaban J connectivity index is 0.000000107. The molecule has 1 aliphatic rings. The lowest BCUT2D eigenvalue weighted by Crippen LogP contribution is -2.15. The van der Waals surface area contributed by atoms with Crippen molar-refractivity contribution in [3.8, 4) is 16.8 Å². The number of aromatic nitrogens is 5. The van der Waals surface area contributed by atoms with E-state index < -0.39 is 0 Å². The monoisotopic (exact) mass is 1530 g/mol. The highest BCUT2D eigenvalue weighted by Crippen LogP contribution is 2.49. The highest BCUT2D eigenvalue weighted by atomic mass is 15.0. The summed E-state index contributed by atoms with van der Waals surface area (Å²) in [6, 6.07) is 111. The molecule has 5 aromatic heterocycles. The predicted molar refractivity (Wildman–Crippen MR) is 512 cm³/mol. The van der Waals surface area contributed by atoms with E-state index in [1.807, 2.05) is 58.3 Å². The second-order valence-corrected chi connectivity index (χ2v) is 33.1. The third-order valence-electron chi connectivity index (χ3n) is 23.8. The molecule has 0 N–H and O–H groups in total. The van der Waals surface area contributed by atoms with Crippen LogP contribution in [-0.4, -0.2) is 23.7 Å². The average molecular weight is 1540 g/mol. The van der Waals surface area contributed by atoms with Crippen LogP contribution in [0.5, 0.6) is 0 Å². The molecule has 0 amide bonds. The van der Waals surface area contributed by atoms with Crippen molar-refractivity contribution < 1.29 is 0 Å². The van der Waals surface area contributed by atoms with E-state index in [2.05, 4.69) is 412 Å². The van der Waals surface area contributed by atoms with E-state index in [9.17, 15) is 0 Å². The molecule has 584 valence electrons. The molecule has 16 aromatic carbocycles. The third-order valence-corrected chi connectivity index (χ3v) is 23.8. The molecule has 0 radical (unpaired) electrons. The number of fused-ring (bicyclic) bond motifs is 14. The Bertz CT molecular complexity index is 6890. The lowest BCUT2D eigenvalue weighted by Gasteiger charge is -2.22. The molecule has 0 atom stereocenters. The molecule has 5 heteroatoms. The Kier molecular flexibility index (Phi) is 23.0. The standard InChI is InChI=1S/C20H17N.C18H14.C17H18.C16H14.2C14H13N.2C7H9N/c1-14-8-10-19-17(12-14)18-13-15(2)9-11-20(18)21(19)16-6-4-3-5-7-16;1-11-3-5-13-8-10-16-12(2)4-6-14-7-9-15(11)17(13)18(14)16;1-11-5-7-13-14-8-6-12(2)10-16(14)17(3,4)15(13)9-11;1-11-13-7-3-5-9-15(13)12(2)16-10-6-4-8-14(11)16;1-10-7-8-14-12(9-10)11-5-3-4-6-13(11)15(14)2;1-10-7-8-12-11-5-3-4-6-13(11)15(2)14(12)9-10;1-6-3-7(2)5-8-4-6;1-6-4-3-5-7(2)8-6/h3-13H,1-2H3;3-10H,1-2H3;5-10H,1-4H3;3-10H,1-2H3;2*3-9H,1-2H3;2*3-5H,1-2H3. The van der Waals surface area contributed by atoms with Crippen LogP contribution in [0, 0.1) is 96.9 Å².